The van der Waals surface area contributed by atoms with Crippen molar-refractivity contribution in [2.75, 3.05) is 4.90 Å². The van der Waals surface area contributed by atoms with Crippen LogP contribution in [0.4, 0.5) is 5.69 Å². The number of para-hydroxylation sites is 1. The van der Waals surface area contributed by atoms with Gasteiger partial charge < -0.3 is 11.5 Å². The number of nitrogens with zero attached hydrogens (tertiary/aromatic N) is 5. The van der Waals surface area contributed by atoms with E-state index in [1.807, 2.05) is 35.4 Å². The Balaban J connectivity index is 1.91. The van der Waals surface area contributed by atoms with Gasteiger partial charge in [-0.25, -0.2) is 9.67 Å². The van der Waals surface area contributed by atoms with Gasteiger partial charge >= 0.3 is 0 Å². The molecule has 1 spiro atoms. The first-order chi connectivity index (χ1) is 12.1. The standard InChI is InChI=1S/C17H20ClN7/c18-12-6-4-7-13(14(12)24-11-5-10-21-24)25-16(20)22-15(19)23-17(25)8-2-1-3-9-17/h4-7,10-11H,1-3,8-9H2,(H4,19,20,22,23). The maximum atomic E-state index is 6.52. The molecule has 130 valence electrons. The Morgan fingerprint density at radius 3 is 2.60 bits per heavy atom. The molecule has 0 radical (unpaired) electrons. The second kappa shape index (κ2) is 6.07. The lowest BCUT2D eigenvalue weighted by Crippen LogP contribution is -2.58. The molecule has 1 aliphatic carbocycles. The van der Waals surface area contributed by atoms with Crippen molar-refractivity contribution in [3.8, 4) is 5.69 Å². The van der Waals surface area contributed by atoms with Crippen LogP contribution >= 0.6 is 11.6 Å². The van der Waals surface area contributed by atoms with Gasteiger partial charge in [0.1, 0.15) is 11.4 Å². The van der Waals surface area contributed by atoms with E-state index >= 15 is 0 Å². The first-order valence-electron chi connectivity index (χ1n) is 8.39. The number of hydrogen-bond acceptors (Lipinski definition) is 6. The van der Waals surface area contributed by atoms with E-state index in [1.54, 1.807) is 10.9 Å². The lowest BCUT2D eigenvalue weighted by molar-refractivity contribution is 0.305. The summed E-state index contributed by atoms with van der Waals surface area (Å²) in [4.78, 5) is 10.9. The number of anilines is 1. The van der Waals surface area contributed by atoms with Gasteiger partial charge in [0, 0.05) is 12.4 Å². The minimum atomic E-state index is -0.513. The molecule has 2 heterocycles. The second-order valence-electron chi connectivity index (χ2n) is 6.38. The van der Waals surface area contributed by atoms with Gasteiger partial charge in [-0.1, -0.05) is 24.1 Å². The van der Waals surface area contributed by atoms with Crippen LogP contribution in [0.1, 0.15) is 32.1 Å². The van der Waals surface area contributed by atoms with Gasteiger partial charge in [-0.3, -0.25) is 4.90 Å². The first kappa shape index (κ1) is 16.0. The number of benzene rings is 1. The number of guanidine groups is 2. The monoisotopic (exact) mass is 357 g/mol. The molecule has 4 rings (SSSR count). The molecule has 0 amide bonds. The molecular weight excluding hydrogens is 338 g/mol. The zero-order chi connectivity index (χ0) is 17.4. The zero-order valence-electron chi connectivity index (χ0n) is 13.8. The predicted octanol–water partition coefficient (Wildman–Crippen LogP) is 2.64. The first-order valence-corrected chi connectivity index (χ1v) is 8.77. The van der Waals surface area contributed by atoms with E-state index in [-0.39, 0.29) is 5.96 Å². The van der Waals surface area contributed by atoms with Crippen molar-refractivity contribution in [1.29, 1.82) is 0 Å². The lowest BCUT2D eigenvalue weighted by Gasteiger charge is -2.46. The molecule has 0 atom stereocenters. The Labute approximate surface area is 151 Å². The molecule has 1 aliphatic heterocycles. The van der Waals surface area contributed by atoms with Crippen LogP contribution < -0.4 is 16.4 Å². The molecule has 8 heteroatoms. The number of rotatable bonds is 2. The van der Waals surface area contributed by atoms with Crippen molar-refractivity contribution >= 4 is 29.2 Å². The van der Waals surface area contributed by atoms with E-state index in [0.717, 1.165) is 37.1 Å². The molecule has 25 heavy (non-hydrogen) atoms. The zero-order valence-corrected chi connectivity index (χ0v) is 14.5. The van der Waals surface area contributed by atoms with E-state index < -0.39 is 5.66 Å². The molecular formula is C17H20ClN7. The molecule has 7 nitrogen and oxygen atoms in total. The highest BCUT2D eigenvalue weighted by molar-refractivity contribution is 6.33. The Bertz CT molecular complexity index is 835. The average molecular weight is 358 g/mol. The van der Waals surface area contributed by atoms with E-state index in [1.165, 1.54) is 6.42 Å². The smallest absolute Gasteiger partial charge is 0.220 e. The normalized spacial score (nSPS) is 19.6. The van der Waals surface area contributed by atoms with E-state index in [2.05, 4.69) is 10.1 Å². The highest BCUT2D eigenvalue weighted by Crippen LogP contribution is 2.42. The van der Waals surface area contributed by atoms with E-state index in [4.69, 9.17) is 28.1 Å². The fourth-order valence-electron chi connectivity index (χ4n) is 3.78. The Kier molecular flexibility index (Phi) is 3.88. The Morgan fingerprint density at radius 1 is 1.08 bits per heavy atom. The number of hydrogen-bond donors (Lipinski definition) is 2. The summed E-state index contributed by atoms with van der Waals surface area (Å²) in [7, 11) is 0. The minimum absolute atomic E-state index is 0.235. The van der Waals surface area contributed by atoms with Gasteiger partial charge in [-0.2, -0.15) is 10.1 Å². The van der Waals surface area contributed by atoms with Crippen molar-refractivity contribution in [1.82, 2.24) is 9.78 Å². The quantitative estimate of drug-likeness (QED) is 0.863. The topological polar surface area (TPSA) is 97.8 Å². The van der Waals surface area contributed by atoms with Crippen LogP contribution in [-0.4, -0.2) is 27.4 Å². The van der Waals surface area contributed by atoms with Gasteiger partial charge in [-0.15, -0.1) is 0 Å². The molecule has 1 fully saturated rings. The number of aromatic nitrogens is 2. The molecule has 1 saturated carbocycles. The number of halogens is 1. The average Bonchev–Trinajstić information content (AvgIpc) is 3.09. The van der Waals surface area contributed by atoms with Crippen molar-refractivity contribution < 1.29 is 0 Å². The fraction of sp³-hybridized carbons (Fsp3) is 0.353. The van der Waals surface area contributed by atoms with Crippen LogP contribution in [0.5, 0.6) is 0 Å². The summed E-state index contributed by atoms with van der Waals surface area (Å²) >= 11 is 6.52. The molecule has 2 aromatic rings. The van der Waals surface area contributed by atoms with Crippen LogP contribution in [0.3, 0.4) is 0 Å². The van der Waals surface area contributed by atoms with Gasteiger partial charge in [0.2, 0.25) is 11.9 Å². The summed E-state index contributed by atoms with van der Waals surface area (Å²) in [6.07, 6.45) is 8.63. The SMILES string of the molecule is NC1=NC2(CCCCC2)N(c2cccc(Cl)c2-n2cccn2)C(N)=N1. The summed E-state index contributed by atoms with van der Waals surface area (Å²) < 4.78 is 1.74. The summed E-state index contributed by atoms with van der Waals surface area (Å²) in [5.74, 6) is 0.573. The minimum Gasteiger partial charge on any atom is -0.369 e. The third-order valence-electron chi connectivity index (χ3n) is 4.79. The Hall–Kier alpha value is -2.54. The predicted molar refractivity (Wildman–Crippen MR) is 100 cm³/mol. The van der Waals surface area contributed by atoms with Crippen molar-refractivity contribution in [2.24, 2.45) is 21.5 Å². The van der Waals surface area contributed by atoms with Crippen LogP contribution in [0.2, 0.25) is 5.02 Å². The Morgan fingerprint density at radius 2 is 1.88 bits per heavy atom. The van der Waals surface area contributed by atoms with Gasteiger partial charge in [0.25, 0.3) is 0 Å². The van der Waals surface area contributed by atoms with E-state index in [0.29, 0.717) is 11.0 Å². The number of nitrogens with two attached hydrogens (primary N) is 2. The van der Waals surface area contributed by atoms with Crippen LogP contribution in [-0.2, 0) is 0 Å². The molecule has 4 N–H and O–H groups in total. The second-order valence-corrected chi connectivity index (χ2v) is 6.78. The summed E-state index contributed by atoms with van der Waals surface area (Å²) in [6, 6.07) is 7.56. The van der Waals surface area contributed by atoms with Crippen molar-refractivity contribution in [3.05, 3.63) is 41.7 Å². The fourth-order valence-corrected chi connectivity index (χ4v) is 4.04. The van der Waals surface area contributed by atoms with E-state index in [9.17, 15) is 0 Å². The summed E-state index contributed by atoms with van der Waals surface area (Å²) in [5, 5.41) is 4.93. The van der Waals surface area contributed by atoms with Crippen molar-refractivity contribution in [2.45, 2.75) is 37.8 Å². The highest BCUT2D eigenvalue weighted by atomic mass is 35.5. The third-order valence-corrected chi connectivity index (χ3v) is 5.10. The summed E-state index contributed by atoms with van der Waals surface area (Å²) in [6.45, 7) is 0. The maximum Gasteiger partial charge on any atom is 0.220 e. The highest BCUT2D eigenvalue weighted by Gasteiger charge is 2.43. The van der Waals surface area contributed by atoms with Gasteiger partial charge in [-0.05, 0) is 43.9 Å². The van der Waals surface area contributed by atoms with Crippen LogP contribution in [0.15, 0.2) is 46.6 Å². The largest absolute Gasteiger partial charge is 0.369 e. The van der Waals surface area contributed by atoms with Crippen molar-refractivity contribution in [3.63, 3.8) is 0 Å². The summed E-state index contributed by atoms with van der Waals surface area (Å²) in [5.41, 5.74) is 13.3. The maximum absolute atomic E-state index is 6.52. The van der Waals surface area contributed by atoms with Crippen LogP contribution in [0, 0.1) is 0 Å². The molecule has 0 unspecified atom stereocenters. The third kappa shape index (κ3) is 2.64. The van der Waals surface area contributed by atoms with Crippen LogP contribution in [0.25, 0.3) is 5.69 Å². The lowest BCUT2D eigenvalue weighted by atomic mass is 9.87. The number of aliphatic imine (C=N–C) groups is 2. The molecule has 0 bridgehead atoms. The molecule has 1 aromatic heterocycles. The van der Waals surface area contributed by atoms with Gasteiger partial charge in [0.05, 0.1) is 10.7 Å². The molecule has 1 aromatic carbocycles. The molecule has 0 saturated heterocycles. The molecule has 2 aliphatic rings. The van der Waals surface area contributed by atoms with Gasteiger partial charge in [0.15, 0.2) is 0 Å².